The highest BCUT2D eigenvalue weighted by molar-refractivity contribution is 7.80. The minimum Gasteiger partial charge on any atom is -0.508 e. The first-order chi connectivity index (χ1) is 15.5. The summed E-state index contributed by atoms with van der Waals surface area (Å²) in [6.07, 6.45) is 8.07. The molecule has 2 aromatic heterocycles. The predicted molar refractivity (Wildman–Crippen MR) is 131 cm³/mol. The van der Waals surface area contributed by atoms with Crippen molar-refractivity contribution in [2.24, 2.45) is 0 Å². The number of aromatic hydroxyl groups is 1. The number of hydrogen-bond donors (Lipinski definition) is 2. The van der Waals surface area contributed by atoms with E-state index in [4.69, 9.17) is 17.2 Å². The van der Waals surface area contributed by atoms with Crippen molar-refractivity contribution in [3.8, 4) is 11.4 Å². The average Bonchev–Trinajstić information content (AvgIpc) is 3.31. The summed E-state index contributed by atoms with van der Waals surface area (Å²) < 4.78 is 2.27. The highest BCUT2D eigenvalue weighted by Crippen LogP contribution is 2.44. The van der Waals surface area contributed by atoms with Gasteiger partial charge >= 0.3 is 0 Å². The number of rotatable bonds is 4. The van der Waals surface area contributed by atoms with Gasteiger partial charge in [-0.2, -0.15) is 0 Å². The lowest BCUT2D eigenvalue weighted by atomic mass is 9.90. The van der Waals surface area contributed by atoms with Crippen molar-refractivity contribution in [1.29, 1.82) is 0 Å². The maximum atomic E-state index is 9.74. The zero-order valence-corrected chi connectivity index (χ0v) is 19.5. The fraction of sp³-hybridized carbons (Fsp3) is 0.385. The molecule has 0 amide bonds. The Kier molecular flexibility index (Phi) is 5.64. The van der Waals surface area contributed by atoms with E-state index in [1.165, 1.54) is 49.1 Å². The van der Waals surface area contributed by atoms with Gasteiger partial charge in [-0.15, -0.1) is 0 Å². The molecule has 2 atom stereocenters. The summed E-state index contributed by atoms with van der Waals surface area (Å²) in [7, 11) is 0. The lowest BCUT2D eigenvalue weighted by Gasteiger charge is -2.37. The van der Waals surface area contributed by atoms with Gasteiger partial charge < -0.3 is 19.9 Å². The second-order valence-corrected chi connectivity index (χ2v) is 9.39. The van der Waals surface area contributed by atoms with Crippen LogP contribution < -0.4 is 5.32 Å². The number of phenolic OH excluding ortho intramolecular Hbond substituents is 1. The van der Waals surface area contributed by atoms with E-state index < -0.39 is 0 Å². The Morgan fingerprint density at radius 2 is 1.78 bits per heavy atom. The number of thiocarbonyl (C=S) groups is 1. The van der Waals surface area contributed by atoms with Gasteiger partial charge in [0.25, 0.3) is 0 Å². The number of aromatic nitrogens is 2. The monoisotopic (exact) mass is 446 g/mol. The lowest BCUT2D eigenvalue weighted by molar-refractivity contribution is 0.197. The van der Waals surface area contributed by atoms with Crippen molar-refractivity contribution < 1.29 is 5.11 Å². The summed E-state index contributed by atoms with van der Waals surface area (Å²) >= 11 is 5.92. The number of hydrogen-bond acceptors (Lipinski definition) is 3. The van der Waals surface area contributed by atoms with Crippen LogP contribution in [-0.4, -0.2) is 30.7 Å². The molecule has 166 valence electrons. The maximum absolute atomic E-state index is 9.74. The van der Waals surface area contributed by atoms with Crippen LogP contribution in [0.2, 0.25) is 0 Å². The fourth-order valence-corrected chi connectivity index (χ4v) is 5.93. The molecule has 2 fully saturated rings. The Morgan fingerprint density at radius 1 is 1.03 bits per heavy atom. The van der Waals surface area contributed by atoms with E-state index in [0.29, 0.717) is 6.04 Å². The van der Waals surface area contributed by atoms with Crippen LogP contribution in [0, 0.1) is 13.8 Å². The van der Waals surface area contributed by atoms with E-state index in [1.54, 1.807) is 12.1 Å². The van der Waals surface area contributed by atoms with Gasteiger partial charge in [0.2, 0.25) is 0 Å². The number of benzene rings is 1. The van der Waals surface area contributed by atoms with Crippen molar-refractivity contribution in [2.45, 2.75) is 64.1 Å². The van der Waals surface area contributed by atoms with E-state index in [1.807, 2.05) is 30.5 Å². The van der Waals surface area contributed by atoms with Gasteiger partial charge in [-0.05, 0) is 86.9 Å². The van der Waals surface area contributed by atoms with E-state index in [-0.39, 0.29) is 17.8 Å². The van der Waals surface area contributed by atoms with Gasteiger partial charge in [-0.25, -0.2) is 0 Å². The van der Waals surface area contributed by atoms with Crippen LogP contribution in [-0.2, 0) is 0 Å². The van der Waals surface area contributed by atoms with Crippen molar-refractivity contribution >= 4 is 17.3 Å². The molecule has 1 aliphatic heterocycles. The average molecular weight is 447 g/mol. The number of phenols is 1. The van der Waals surface area contributed by atoms with E-state index >= 15 is 0 Å². The minimum atomic E-state index is 0.0133. The fourth-order valence-electron chi connectivity index (χ4n) is 5.54. The molecule has 1 saturated carbocycles. The molecule has 0 radical (unpaired) electrons. The van der Waals surface area contributed by atoms with Crippen LogP contribution in [0.1, 0.15) is 66.8 Å². The second-order valence-electron chi connectivity index (χ2n) is 9.00. The molecular weight excluding hydrogens is 416 g/mol. The highest BCUT2D eigenvalue weighted by Gasteiger charge is 2.44. The largest absolute Gasteiger partial charge is 0.508 e. The maximum Gasteiger partial charge on any atom is 0.170 e. The number of nitrogens with one attached hydrogen (secondary N) is 1. The molecule has 6 heteroatoms. The van der Waals surface area contributed by atoms with Crippen LogP contribution in [0.4, 0.5) is 0 Å². The molecule has 2 aliphatic rings. The van der Waals surface area contributed by atoms with Crippen LogP contribution in [0.25, 0.3) is 5.69 Å². The molecule has 0 unspecified atom stereocenters. The smallest absolute Gasteiger partial charge is 0.170 e. The summed E-state index contributed by atoms with van der Waals surface area (Å²) in [5, 5.41) is 14.2. The van der Waals surface area contributed by atoms with Gasteiger partial charge in [-0.1, -0.05) is 25.3 Å². The van der Waals surface area contributed by atoms with Crippen LogP contribution >= 0.6 is 12.2 Å². The normalized spacial score (nSPS) is 21.7. The molecule has 5 rings (SSSR count). The SMILES string of the molecule is Cc1cc([C@H]2[C@@H](c3ccccn3)NC(=S)N2C2CCCCC2)c(C)n1-c1ccc(O)cc1. The van der Waals surface area contributed by atoms with Crippen molar-refractivity contribution in [1.82, 2.24) is 19.8 Å². The summed E-state index contributed by atoms with van der Waals surface area (Å²) in [6, 6.07) is 16.4. The molecule has 5 nitrogen and oxygen atoms in total. The first-order valence-electron chi connectivity index (χ1n) is 11.5. The lowest BCUT2D eigenvalue weighted by Crippen LogP contribution is -2.40. The minimum absolute atomic E-state index is 0.0133. The summed E-state index contributed by atoms with van der Waals surface area (Å²) in [6.45, 7) is 4.33. The van der Waals surface area contributed by atoms with Gasteiger partial charge in [0, 0.05) is 29.3 Å². The second kappa shape index (κ2) is 8.58. The third-order valence-electron chi connectivity index (χ3n) is 7.00. The third kappa shape index (κ3) is 3.66. The molecule has 3 heterocycles. The van der Waals surface area contributed by atoms with Crippen molar-refractivity contribution in [2.75, 3.05) is 0 Å². The molecular formula is C26H30N4OS. The van der Waals surface area contributed by atoms with Crippen molar-refractivity contribution in [3.05, 3.63) is 77.4 Å². The molecule has 0 spiro atoms. The van der Waals surface area contributed by atoms with E-state index in [0.717, 1.165) is 16.5 Å². The molecule has 3 aromatic rings. The predicted octanol–water partition coefficient (Wildman–Crippen LogP) is 5.50. The Hall–Kier alpha value is -2.86. The van der Waals surface area contributed by atoms with Crippen LogP contribution in [0.5, 0.6) is 5.75 Å². The zero-order valence-electron chi connectivity index (χ0n) is 18.7. The first kappa shape index (κ1) is 21.0. The molecule has 1 saturated heterocycles. The van der Waals surface area contributed by atoms with Gasteiger partial charge in [0.15, 0.2) is 5.11 Å². The quantitative estimate of drug-likeness (QED) is 0.518. The van der Waals surface area contributed by atoms with E-state index in [2.05, 4.69) is 40.8 Å². The Labute approximate surface area is 195 Å². The topological polar surface area (TPSA) is 53.3 Å². The van der Waals surface area contributed by atoms with Gasteiger partial charge in [-0.3, -0.25) is 4.98 Å². The third-order valence-corrected chi connectivity index (χ3v) is 7.33. The Morgan fingerprint density at radius 3 is 2.47 bits per heavy atom. The summed E-state index contributed by atoms with van der Waals surface area (Å²) in [4.78, 5) is 7.16. The van der Waals surface area contributed by atoms with Crippen molar-refractivity contribution in [3.63, 3.8) is 0 Å². The number of nitrogens with zero attached hydrogens (tertiary/aromatic N) is 3. The molecule has 32 heavy (non-hydrogen) atoms. The van der Waals surface area contributed by atoms with Gasteiger partial charge in [0.1, 0.15) is 5.75 Å². The summed E-state index contributed by atoms with van der Waals surface area (Å²) in [5.74, 6) is 0.278. The Bertz CT molecular complexity index is 1100. The zero-order chi connectivity index (χ0) is 22.2. The highest BCUT2D eigenvalue weighted by atomic mass is 32.1. The number of aryl methyl sites for hydroxylation is 1. The van der Waals surface area contributed by atoms with Crippen LogP contribution in [0.3, 0.4) is 0 Å². The van der Waals surface area contributed by atoms with Gasteiger partial charge in [0.05, 0.1) is 17.8 Å². The molecule has 1 aromatic carbocycles. The Balaban J connectivity index is 1.62. The summed E-state index contributed by atoms with van der Waals surface area (Å²) in [5.41, 5.74) is 5.73. The van der Waals surface area contributed by atoms with E-state index in [9.17, 15) is 5.11 Å². The first-order valence-corrected chi connectivity index (χ1v) is 11.9. The number of pyridine rings is 1. The standard InChI is InChI=1S/C26H30N4OS/c1-17-16-22(18(2)29(17)20-11-13-21(31)14-12-20)25-24(23-10-6-7-15-27-23)28-26(32)30(25)19-8-4-3-5-9-19/h6-7,10-16,19,24-25,31H,3-5,8-9H2,1-2H3,(H,28,32)/t24-,25+/m1/s1. The molecule has 1 aliphatic carbocycles. The van der Waals surface area contributed by atoms with Crippen LogP contribution in [0.15, 0.2) is 54.7 Å². The molecule has 0 bridgehead atoms. The molecule has 2 N–H and O–H groups in total.